The Labute approximate surface area is 109 Å². The molecule has 1 aromatic heterocycles. The van der Waals surface area contributed by atoms with Crippen LogP contribution in [-0.4, -0.2) is 28.6 Å². The van der Waals surface area contributed by atoms with Crippen molar-refractivity contribution in [3.63, 3.8) is 0 Å². The quantitative estimate of drug-likeness (QED) is 0.684. The second-order valence-electron chi connectivity index (χ2n) is 3.51. The molecule has 7 heteroatoms. The zero-order chi connectivity index (χ0) is 12.8. The van der Waals surface area contributed by atoms with Crippen molar-refractivity contribution in [3.8, 4) is 0 Å². The van der Waals surface area contributed by atoms with Gasteiger partial charge in [0.05, 0.1) is 17.7 Å². The summed E-state index contributed by atoms with van der Waals surface area (Å²) in [6, 6.07) is -0.593. The lowest BCUT2D eigenvalue weighted by Gasteiger charge is -2.14. The molecule has 94 valence electrons. The molecule has 0 aliphatic heterocycles. The van der Waals surface area contributed by atoms with Crippen LogP contribution in [0.2, 0.25) is 0 Å². The Bertz CT molecular complexity index is 406. The van der Waals surface area contributed by atoms with Crippen LogP contribution in [-0.2, 0) is 16.1 Å². The monoisotopic (exact) mass is 273 g/mol. The van der Waals surface area contributed by atoms with E-state index < -0.39 is 6.04 Å². The van der Waals surface area contributed by atoms with Gasteiger partial charge in [-0.05, 0) is 6.92 Å². The molecule has 17 heavy (non-hydrogen) atoms. The highest BCUT2D eigenvalue weighted by atomic mass is 32.1. The van der Waals surface area contributed by atoms with E-state index in [0.717, 1.165) is 10.6 Å². The first-order valence-electron chi connectivity index (χ1n) is 5.09. The van der Waals surface area contributed by atoms with E-state index in [9.17, 15) is 9.59 Å². The number of carbonyl (C=O) groups excluding carboxylic acids is 2. The number of thiazole rings is 1. The Kier molecular flexibility index (Phi) is 5.43. The lowest BCUT2D eigenvalue weighted by molar-refractivity contribution is -0.127. The van der Waals surface area contributed by atoms with Crippen molar-refractivity contribution in [3.05, 3.63) is 16.1 Å². The van der Waals surface area contributed by atoms with E-state index in [0.29, 0.717) is 6.54 Å². The minimum atomic E-state index is -0.593. The highest BCUT2D eigenvalue weighted by Gasteiger charge is 2.17. The minimum Gasteiger partial charge on any atom is -0.349 e. The Hall–Kier alpha value is -1.08. The van der Waals surface area contributed by atoms with Crippen LogP contribution in [0.1, 0.15) is 17.5 Å². The lowest BCUT2D eigenvalue weighted by Crippen LogP contribution is -2.47. The Balaban J connectivity index is 2.48. The Morgan fingerprint density at radius 1 is 1.59 bits per heavy atom. The second kappa shape index (κ2) is 6.61. The molecule has 0 aliphatic carbocycles. The molecule has 5 nitrogen and oxygen atoms in total. The number of hydrogen-bond acceptors (Lipinski definition) is 5. The number of carbonyl (C=O) groups is 2. The van der Waals surface area contributed by atoms with Gasteiger partial charge in [0.1, 0.15) is 6.04 Å². The number of nitrogens with zero attached hydrogens (tertiary/aromatic N) is 1. The van der Waals surface area contributed by atoms with Crippen molar-refractivity contribution in [1.29, 1.82) is 0 Å². The van der Waals surface area contributed by atoms with Crippen molar-refractivity contribution in [2.24, 2.45) is 0 Å². The molecule has 2 N–H and O–H groups in total. The maximum Gasteiger partial charge on any atom is 0.243 e. The van der Waals surface area contributed by atoms with Crippen LogP contribution in [0.5, 0.6) is 0 Å². The second-order valence-corrected chi connectivity index (χ2v) is 4.82. The predicted octanol–water partition coefficient (Wildman–Crippen LogP) is 0.502. The molecule has 2 amide bonds. The fraction of sp³-hybridized carbons (Fsp3) is 0.500. The molecule has 1 aromatic rings. The smallest absolute Gasteiger partial charge is 0.243 e. The molecule has 1 rings (SSSR count). The fourth-order valence-corrected chi connectivity index (χ4v) is 2.20. The lowest BCUT2D eigenvalue weighted by atomic mass is 10.3. The van der Waals surface area contributed by atoms with Crippen LogP contribution >= 0.6 is 24.0 Å². The van der Waals surface area contributed by atoms with Gasteiger partial charge in [0.2, 0.25) is 11.8 Å². The minimum absolute atomic E-state index is 0.233. The van der Waals surface area contributed by atoms with Gasteiger partial charge >= 0.3 is 0 Å². The molecule has 0 fully saturated rings. The topological polar surface area (TPSA) is 71.1 Å². The predicted molar refractivity (Wildman–Crippen MR) is 70.2 cm³/mol. The van der Waals surface area contributed by atoms with E-state index in [1.165, 1.54) is 18.3 Å². The Morgan fingerprint density at radius 2 is 2.29 bits per heavy atom. The van der Waals surface area contributed by atoms with Crippen molar-refractivity contribution in [1.82, 2.24) is 15.6 Å². The average molecular weight is 273 g/mol. The van der Waals surface area contributed by atoms with E-state index in [2.05, 4.69) is 28.2 Å². The molecular weight excluding hydrogens is 258 g/mol. The number of aromatic nitrogens is 1. The fourth-order valence-electron chi connectivity index (χ4n) is 1.23. The van der Waals surface area contributed by atoms with Crippen molar-refractivity contribution >= 4 is 35.8 Å². The van der Waals surface area contributed by atoms with Gasteiger partial charge in [-0.15, -0.1) is 11.3 Å². The molecule has 0 spiro atoms. The highest BCUT2D eigenvalue weighted by Crippen LogP contribution is 2.11. The van der Waals surface area contributed by atoms with Gasteiger partial charge in [-0.3, -0.25) is 9.59 Å². The third-order valence-electron chi connectivity index (χ3n) is 2.14. The SMILES string of the molecule is CC(=O)NC(CS)C(=O)NCc1scnc1C. The van der Waals surface area contributed by atoms with Crippen molar-refractivity contribution < 1.29 is 9.59 Å². The summed E-state index contributed by atoms with van der Waals surface area (Å²) >= 11 is 5.53. The molecule has 0 radical (unpaired) electrons. The molecule has 0 aromatic carbocycles. The van der Waals surface area contributed by atoms with Crippen molar-refractivity contribution in [2.75, 3.05) is 5.75 Å². The zero-order valence-corrected chi connectivity index (χ0v) is 11.4. The van der Waals surface area contributed by atoms with Crippen LogP contribution in [0, 0.1) is 6.92 Å². The van der Waals surface area contributed by atoms with E-state index >= 15 is 0 Å². The number of hydrogen-bond donors (Lipinski definition) is 3. The third kappa shape index (κ3) is 4.35. The number of nitrogens with one attached hydrogen (secondary N) is 2. The molecule has 1 atom stereocenters. The van der Waals surface area contributed by atoms with Crippen LogP contribution in [0.15, 0.2) is 5.51 Å². The number of rotatable bonds is 5. The van der Waals surface area contributed by atoms with Crippen molar-refractivity contribution in [2.45, 2.75) is 26.4 Å². The van der Waals surface area contributed by atoms with Crippen LogP contribution in [0.25, 0.3) is 0 Å². The van der Waals surface area contributed by atoms with Crippen LogP contribution in [0.4, 0.5) is 0 Å². The number of thiol groups is 1. The summed E-state index contributed by atoms with van der Waals surface area (Å²) in [7, 11) is 0. The maximum atomic E-state index is 11.7. The van der Waals surface area contributed by atoms with Gasteiger partial charge in [0.15, 0.2) is 0 Å². The van der Waals surface area contributed by atoms with Gasteiger partial charge in [-0.2, -0.15) is 12.6 Å². The first-order chi connectivity index (χ1) is 8.04. The molecule has 0 bridgehead atoms. The summed E-state index contributed by atoms with van der Waals surface area (Å²) in [5, 5.41) is 5.28. The summed E-state index contributed by atoms with van der Waals surface area (Å²) in [6.45, 7) is 3.69. The maximum absolute atomic E-state index is 11.7. The van der Waals surface area contributed by atoms with E-state index in [1.54, 1.807) is 5.51 Å². The van der Waals surface area contributed by atoms with E-state index in [-0.39, 0.29) is 17.6 Å². The molecule has 0 saturated heterocycles. The van der Waals surface area contributed by atoms with Gasteiger partial charge in [-0.1, -0.05) is 0 Å². The first-order valence-corrected chi connectivity index (χ1v) is 6.60. The molecule has 1 heterocycles. The normalized spacial score (nSPS) is 11.9. The summed E-state index contributed by atoms with van der Waals surface area (Å²) in [5.41, 5.74) is 2.65. The van der Waals surface area contributed by atoms with Gasteiger partial charge < -0.3 is 10.6 Å². The molecule has 0 saturated carbocycles. The Morgan fingerprint density at radius 3 is 2.76 bits per heavy atom. The summed E-state index contributed by atoms with van der Waals surface area (Å²) in [6.07, 6.45) is 0. The zero-order valence-electron chi connectivity index (χ0n) is 9.69. The number of aryl methyl sites for hydroxylation is 1. The molecular formula is C10H15N3O2S2. The third-order valence-corrected chi connectivity index (χ3v) is 3.44. The highest BCUT2D eigenvalue weighted by molar-refractivity contribution is 7.80. The van der Waals surface area contributed by atoms with E-state index in [4.69, 9.17) is 0 Å². The van der Waals surface area contributed by atoms with Crippen LogP contribution < -0.4 is 10.6 Å². The van der Waals surface area contributed by atoms with Gasteiger partial charge in [0.25, 0.3) is 0 Å². The van der Waals surface area contributed by atoms with Crippen LogP contribution in [0.3, 0.4) is 0 Å². The molecule has 0 aliphatic rings. The van der Waals surface area contributed by atoms with E-state index in [1.807, 2.05) is 6.92 Å². The standard InChI is InChI=1S/C10H15N3O2S2/c1-6-9(17-5-12-6)3-11-10(15)8(4-16)13-7(2)14/h5,8,16H,3-4H2,1-2H3,(H,11,15)(H,13,14). The first kappa shape index (κ1) is 14.0. The summed E-state index contributed by atoms with van der Waals surface area (Å²) in [4.78, 5) is 27.7. The van der Waals surface area contributed by atoms with Gasteiger partial charge in [-0.25, -0.2) is 4.98 Å². The average Bonchev–Trinajstić information content (AvgIpc) is 2.68. The summed E-state index contributed by atoms with van der Waals surface area (Å²) < 4.78 is 0. The largest absolute Gasteiger partial charge is 0.349 e. The molecule has 1 unspecified atom stereocenters. The number of amides is 2. The van der Waals surface area contributed by atoms with Gasteiger partial charge in [0, 0.05) is 17.6 Å². The summed E-state index contributed by atoms with van der Waals surface area (Å²) in [5.74, 6) is -0.205.